The van der Waals surface area contributed by atoms with Crippen LogP contribution >= 0.6 is 0 Å². The molecular weight excluding hydrogens is 192 g/mol. The summed E-state index contributed by atoms with van der Waals surface area (Å²) in [6, 6.07) is 7.52. The van der Waals surface area contributed by atoms with Gasteiger partial charge in [0.1, 0.15) is 5.75 Å². The number of benzene rings is 1. The minimum absolute atomic E-state index is 0.352. The van der Waals surface area contributed by atoms with Crippen LogP contribution in [0.1, 0.15) is 12.5 Å². The monoisotopic (exact) mass is 206 g/mol. The number of esters is 1. The highest BCUT2D eigenvalue weighted by molar-refractivity contribution is 5.90. The van der Waals surface area contributed by atoms with Crippen molar-refractivity contribution in [3.8, 4) is 5.75 Å². The van der Waals surface area contributed by atoms with Crippen molar-refractivity contribution in [1.82, 2.24) is 0 Å². The van der Waals surface area contributed by atoms with E-state index in [0.717, 1.165) is 16.9 Å². The molecule has 0 bridgehead atoms. The Hall–Kier alpha value is -1.77. The molecule has 0 radical (unpaired) electrons. The summed E-state index contributed by atoms with van der Waals surface area (Å²) in [6.07, 6.45) is 1.45. The molecule has 0 unspecified atom stereocenters. The molecule has 0 N–H and O–H groups in total. The third-order valence-electron chi connectivity index (χ3n) is 2.06. The van der Waals surface area contributed by atoms with Gasteiger partial charge in [-0.1, -0.05) is 12.1 Å². The molecule has 0 saturated heterocycles. The highest BCUT2D eigenvalue weighted by atomic mass is 16.5. The van der Waals surface area contributed by atoms with E-state index in [-0.39, 0.29) is 5.97 Å². The van der Waals surface area contributed by atoms with Crippen LogP contribution in [0.4, 0.5) is 0 Å². The maximum absolute atomic E-state index is 11.0. The number of carbonyl (C=O) groups is 1. The van der Waals surface area contributed by atoms with Crippen LogP contribution in [0.25, 0.3) is 5.57 Å². The Morgan fingerprint density at radius 1 is 1.33 bits per heavy atom. The topological polar surface area (TPSA) is 35.5 Å². The molecule has 0 spiro atoms. The molecule has 0 aliphatic heterocycles. The van der Waals surface area contributed by atoms with Crippen LogP contribution in [0.3, 0.4) is 0 Å². The van der Waals surface area contributed by atoms with Gasteiger partial charge in [-0.15, -0.1) is 0 Å². The van der Waals surface area contributed by atoms with E-state index in [1.807, 2.05) is 31.2 Å². The van der Waals surface area contributed by atoms with Gasteiger partial charge in [0.15, 0.2) is 0 Å². The molecule has 80 valence electrons. The van der Waals surface area contributed by atoms with Gasteiger partial charge < -0.3 is 9.47 Å². The summed E-state index contributed by atoms with van der Waals surface area (Å²) in [5.41, 5.74) is 1.79. The molecule has 0 heterocycles. The lowest BCUT2D eigenvalue weighted by Gasteiger charge is -2.04. The minimum Gasteiger partial charge on any atom is -0.497 e. The Labute approximate surface area is 89.3 Å². The summed E-state index contributed by atoms with van der Waals surface area (Å²) in [4.78, 5) is 11.0. The molecule has 0 amide bonds. The summed E-state index contributed by atoms with van der Waals surface area (Å²) >= 11 is 0. The van der Waals surface area contributed by atoms with E-state index in [4.69, 9.17) is 4.74 Å². The first-order valence-corrected chi connectivity index (χ1v) is 4.58. The molecule has 3 nitrogen and oxygen atoms in total. The fraction of sp³-hybridized carbons (Fsp3) is 0.250. The van der Waals surface area contributed by atoms with Crippen molar-refractivity contribution in [3.63, 3.8) is 0 Å². The molecule has 0 aliphatic carbocycles. The molecule has 0 saturated carbocycles. The number of rotatable bonds is 3. The molecule has 0 aliphatic rings. The number of allylic oxidation sites excluding steroid dienone is 1. The maximum atomic E-state index is 11.0. The van der Waals surface area contributed by atoms with Crippen LogP contribution in [-0.2, 0) is 9.53 Å². The van der Waals surface area contributed by atoms with E-state index < -0.39 is 0 Å². The van der Waals surface area contributed by atoms with E-state index in [0.29, 0.717) is 0 Å². The van der Waals surface area contributed by atoms with Crippen LogP contribution < -0.4 is 4.74 Å². The molecule has 0 aromatic heterocycles. The number of hydrogen-bond donors (Lipinski definition) is 0. The smallest absolute Gasteiger partial charge is 0.330 e. The minimum atomic E-state index is -0.352. The molecule has 0 fully saturated rings. The Bertz CT molecular complexity index is 380. The molecule has 0 atom stereocenters. The zero-order valence-electron chi connectivity index (χ0n) is 9.11. The van der Waals surface area contributed by atoms with Gasteiger partial charge in [0.25, 0.3) is 0 Å². The lowest BCUT2D eigenvalue weighted by atomic mass is 10.1. The molecule has 1 rings (SSSR count). The highest BCUT2D eigenvalue weighted by Crippen LogP contribution is 2.19. The number of ether oxygens (including phenoxy) is 2. The third kappa shape index (κ3) is 3.13. The first-order valence-electron chi connectivity index (χ1n) is 4.58. The van der Waals surface area contributed by atoms with Gasteiger partial charge in [-0.05, 0) is 30.2 Å². The lowest BCUT2D eigenvalue weighted by Crippen LogP contribution is -1.95. The molecular formula is C12H14O3. The maximum Gasteiger partial charge on any atom is 0.330 e. The summed E-state index contributed by atoms with van der Waals surface area (Å²) < 4.78 is 9.65. The van der Waals surface area contributed by atoms with Crippen molar-refractivity contribution in [2.75, 3.05) is 14.2 Å². The Kier molecular flexibility index (Phi) is 3.92. The number of carbonyl (C=O) groups excluding carboxylic acids is 1. The van der Waals surface area contributed by atoms with Gasteiger partial charge in [-0.25, -0.2) is 4.79 Å². The van der Waals surface area contributed by atoms with Gasteiger partial charge in [0.2, 0.25) is 0 Å². The van der Waals surface area contributed by atoms with Crippen molar-refractivity contribution < 1.29 is 14.3 Å². The zero-order valence-corrected chi connectivity index (χ0v) is 9.11. The van der Waals surface area contributed by atoms with E-state index >= 15 is 0 Å². The second-order valence-electron chi connectivity index (χ2n) is 3.08. The normalized spacial score (nSPS) is 11.0. The average molecular weight is 206 g/mol. The van der Waals surface area contributed by atoms with E-state index in [1.54, 1.807) is 7.11 Å². The van der Waals surface area contributed by atoms with Crippen LogP contribution in [0, 0.1) is 0 Å². The Balaban J connectivity index is 2.95. The molecule has 1 aromatic rings. The summed E-state index contributed by atoms with van der Waals surface area (Å²) in [7, 11) is 2.97. The third-order valence-corrected chi connectivity index (χ3v) is 2.06. The number of methoxy groups -OCH3 is 2. The first kappa shape index (κ1) is 11.3. The van der Waals surface area contributed by atoms with E-state index in [1.165, 1.54) is 13.2 Å². The summed E-state index contributed by atoms with van der Waals surface area (Å²) in [6.45, 7) is 1.85. The van der Waals surface area contributed by atoms with Crippen molar-refractivity contribution in [3.05, 3.63) is 35.9 Å². The highest BCUT2D eigenvalue weighted by Gasteiger charge is 2.01. The van der Waals surface area contributed by atoms with Gasteiger partial charge >= 0.3 is 5.97 Å². The lowest BCUT2D eigenvalue weighted by molar-refractivity contribution is -0.134. The standard InChI is InChI=1S/C12H14O3/c1-9(7-12(13)15-3)10-5-4-6-11(8-10)14-2/h4-8H,1-3H3. The van der Waals surface area contributed by atoms with Crippen molar-refractivity contribution in [1.29, 1.82) is 0 Å². The van der Waals surface area contributed by atoms with Crippen LogP contribution in [0.5, 0.6) is 5.75 Å². The van der Waals surface area contributed by atoms with Gasteiger partial charge in [-0.3, -0.25) is 0 Å². The Morgan fingerprint density at radius 3 is 2.67 bits per heavy atom. The van der Waals surface area contributed by atoms with E-state index in [9.17, 15) is 4.79 Å². The second kappa shape index (κ2) is 5.20. The Morgan fingerprint density at radius 2 is 2.07 bits per heavy atom. The van der Waals surface area contributed by atoms with Crippen LogP contribution in [0.2, 0.25) is 0 Å². The number of hydrogen-bond acceptors (Lipinski definition) is 3. The van der Waals surface area contributed by atoms with Crippen molar-refractivity contribution in [2.24, 2.45) is 0 Å². The van der Waals surface area contributed by atoms with Crippen molar-refractivity contribution in [2.45, 2.75) is 6.92 Å². The zero-order chi connectivity index (χ0) is 11.3. The van der Waals surface area contributed by atoms with E-state index in [2.05, 4.69) is 4.74 Å². The van der Waals surface area contributed by atoms with Crippen molar-refractivity contribution >= 4 is 11.5 Å². The molecule has 1 aromatic carbocycles. The average Bonchev–Trinajstić information content (AvgIpc) is 2.28. The predicted octanol–water partition coefficient (Wildman–Crippen LogP) is 2.27. The van der Waals surface area contributed by atoms with Gasteiger partial charge in [-0.2, -0.15) is 0 Å². The molecule has 15 heavy (non-hydrogen) atoms. The first-order chi connectivity index (χ1) is 7.17. The van der Waals surface area contributed by atoms with Gasteiger partial charge in [0.05, 0.1) is 14.2 Å². The predicted molar refractivity (Wildman–Crippen MR) is 58.7 cm³/mol. The summed E-state index contributed by atoms with van der Waals surface area (Å²) in [5.74, 6) is 0.417. The van der Waals surface area contributed by atoms with Gasteiger partial charge in [0, 0.05) is 6.08 Å². The van der Waals surface area contributed by atoms with Crippen LogP contribution in [0.15, 0.2) is 30.3 Å². The largest absolute Gasteiger partial charge is 0.497 e. The second-order valence-corrected chi connectivity index (χ2v) is 3.08. The molecule has 3 heteroatoms. The quantitative estimate of drug-likeness (QED) is 0.562. The summed E-state index contributed by atoms with van der Waals surface area (Å²) in [5, 5.41) is 0. The fourth-order valence-corrected chi connectivity index (χ4v) is 1.19. The fourth-order valence-electron chi connectivity index (χ4n) is 1.19. The SMILES string of the molecule is COC(=O)C=C(C)c1cccc(OC)c1. The van der Waals surface area contributed by atoms with Crippen LogP contribution in [-0.4, -0.2) is 20.2 Å².